The van der Waals surface area contributed by atoms with Gasteiger partial charge in [-0.05, 0) is 56.2 Å². The predicted octanol–water partition coefficient (Wildman–Crippen LogP) is 3.49. The zero-order valence-corrected chi connectivity index (χ0v) is 19.6. The number of benzene rings is 1. The SMILES string of the molecule is CC(O)(CO)c1csc(NC(=O)C(=CC2CCCC2)c2ccc(S(=O)(=O)C3CC3)cc2)n1. The molecule has 1 heterocycles. The number of nitrogens with one attached hydrogen (secondary N) is 1. The van der Waals surface area contributed by atoms with Crippen molar-refractivity contribution in [3.8, 4) is 0 Å². The molecule has 32 heavy (non-hydrogen) atoms. The van der Waals surface area contributed by atoms with Crippen LogP contribution < -0.4 is 5.32 Å². The van der Waals surface area contributed by atoms with Crippen molar-refractivity contribution < 1.29 is 23.4 Å². The van der Waals surface area contributed by atoms with Crippen LogP contribution in [0.3, 0.4) is 0 Å². The highest BCUT2D eigenvalue weighted by molar-refractivity contribution is 7.92. The molecule has 172 valence electrons. The van der Waals surface area contributed by atoms with Crippen molar-refractivity contribution in [3.63, 3.8) is 0 Å². The lowest BCUT2D eigenvalue weighted by Gasteiger charge is -2.17. The number of carbonyl (C=O) groups excluding carboxylic acids is 1. The highest BCUT2D eigenvalue weighted by Gasteiger charge is 2.36. The van der Waals surface area contributed by atoms with E-state index in [9.17, 15) is 23.4 Å². The Morgan fingerprint density at radius 1 is 1.22 bits per heavy atom. The molecular weight excluding hydrogens is 448 g/mol. The summed E-state index contributed by atoms with van der Waals surface area (Å²) in [4.78, 5) is 17.7. The average molecular weight is 477 g/mol. The first kappa shape index (κ1) is 23.1. The maximum atomic E-state index is 13.2. The van der Waals surface area contributed by atoms with Crippen LogP contribution in [0.5, 0.6) is 0 Å². The number of nitrogens with zero attached hydrogens (tertiary/aromatic N) is 1. The number of amides is 1. The number of hydrogen-bond donors (Lipinski definition) is 3. The number of sulfone groups is 1. The molecule has 1 aromatic carbocycles. The van der Waals surface area contributed by atoms with Gasteiger partial charge in [0.05, 0.1) is 22.4 Å². The third-order valence-electron chi connectivity index (χ3n) is 6.09. The molecule has 0 radical (unpaired) electrons. The van der Waals surface area contributed by atoms with E-state index in [2.05, 4.69) is 10.3 Å². The Labute approximate surface area is 192 Å². The van der Waals surface area contributed by atoms with Gasteiger partial charge in [0.2, 0.25) is 0 Å². The number of aromatic nitrogens is 1. The van der Waals surface area contributed by atoms with Gasteiger partial charge in [0.1, 0.15) is 5.60 Å². The number of thiazole rings is 1. The molecule has 1 amide bonds. The first-order valence-electron chi connectivity index (χ1n) is 10.9. The van der Waals surface area contributed by atoms with Crippen LogP contribution in [0, 0.1) is 5.92 Å². The van der Waals surface area contributed by atoms with Crippen LogP contribution in [0.2, 0.25) is 0 Å². The summed E-state index contributed by atoms with van der Waals surface area (Å²) < 4.78 is 25.0. The van der Waals surface area contributed by atoms with Crippen LogP contribution in [-0.2, 0) is 20.2 Å². The number of anilines is 1. The molecule has 0 aliphatic heterocycles. The smallest absolute Gasteiger partial charge is 0.257 e. The zero-order valence-electron chi connectivity index (χ0n) is 18.0. The minimum absolute atomic E-state index is 0.277. The normalized spacial score (nSPS) is 19.7. The summed E-state index contributed by atoms with van der Waals surface area (Å²) in [5, 5.41) is 23.9. The van der Waals surface area contributed by atoms with E-state index in [1.54, 1.807) is 29.6 Å². The standard InChI is InChI=1S/C23H28N2O5S2/c1-23(28,14-26)20-13-31-22(24-20)25-21(27)19(12-15-4-2-3-5-15)16-6-8-17(9-7-16)32(29,30)18-10-11-18/h6-9,12-13,15,18,26,28H,2-5,10-11,14H2,1H3,(H,24,25,27). The first-order valence-corrected chi connectivity index (χ1v) is 13.3. The Morgan fingerprint density at radius 3 is 2.47 bits per heavy atom. The van der Waals surface area contributed by atoms with E-state index in [1.807, 2.05) is 6.08 Å². The summed E-state index contributed by atoms with van der Waals surface area (Å²) in [7, 11) is -3.29. The Morgan fingerprint density at radius 2 is 1.88 bits per heavy atom. The van der Waals surface area contributed by atoms with Gasteiger partial charge >= 0.3 is 0 Å². The van der Waals surface area contributed by atoms with E-state index in [0.717, 1.165) is 25.7 Å². The molecule has 2 aromatic rings. The van der Waals surface area contributed by atoms with E-state index in [1.165, 1.54) is 18.3 Å². The molecule has 0 spiro atoms. The van der Waals surface area contributed by atoms with Gasteiger partial charge in [-0.3, -0.25) is 10.1 Å². The largest absolute Gasteiger partial charge is 0.393 e. The molecule has 2 aliphatic carbocycles. The summed E-state index contributed by atoms with van der Waals surface area (Å²) in [6.07, 6.45) is 7.68. The lowest BCUT2D eigenvalue weighted by molar-refractivity contribution is -0.111. The maximum absolute atomic E-state index is 13.2. The Kier molecular flexibility index (Phi) is 6.53. The summed E-state index contributed by atoms with van der Waals surface area (Å²) in [5.41, 5.74) is -0.0531. The molecule has 0 bridgehead atoms. The fourth-order valence-corrected chi connectivity index (χ4v) is 6.37. The van der Waals surface area contributed by atoms with E-state index < -0.39 is 22.0 Å². The molecular formula is C23H28N2O5S2. The minimum atomic E-state index is -3.29. The average Bonchev–Trinajstić information content (AvgIpc) is 3.32. The van der Waals surface area contributed by atoms with Crippen LogP contribution >= 0.6 is 11.3 Å². The van der Waals surface area contributed by atoms with Crippen molar-refractivity contribution in [1.29, 1.82) is 0 Å². The molecule has 1 aromatic heterocycles. The second kappa shape index (κ2) is 9.05. The van der Waals surface area contributed by atoms with E-state index in [-0.39, 0.29) is 16.9 Å². The van der Waals surface area contributed by atoms with Gasteiger partial charge in [0, 0.05) is 11.0 Å². The molecule has 4 rings (SSSR count). The quantitative estimate of drug-likeness (QED) is 0.502. The topological polar surface area (TPSA) is 117 Å². The van der Waals surface area contributed by atoms with Crippen LogP contribution in [0.25, 0.3) is 5.57 Å². The van der Waals surface area contributed by atoms with Crippen molar-refractivity contribution >= 4 is 37.8 Å². The van der Waals surface area contributed by atoms with Crippen molar-refractivity contribution in [3.05, 3.63) is 47.0 Å². The maximum Gasteiger partial charge on any atom is 0.257 e. The van der Waals surface area contributed by atoms with Crippen molar-refractivity contribution in [1.82, 2.24) is 4.98 Å². The molecule has 1 unspecified atom stereocenters. The fraction of sp³-hybridized carbons (Fsp3) is 0.478. The lowest BCUT2D eigenvalue weighted by Crippen LogP contribution is -2.26. The summed E-state index contributed by atoms with van der Waals surface area (Å²) in [5.74, 6) is -0.0353. The second-order valence-electron chi connectivity index (χ2n) is 8.82. The molecule has 2 fully saturated rings. The third kappa shape index (κ3) is 4.96. The molecule has 2 saturated carbocycles. The third-order valence-corrected chi connectivity index (χ3v) is 9.12. The van der Waals surface area contributed by atoms with Gasteiger partial charge in [-0.1, -0.05) is 31.1 Å². The zero-order chi connectivity index (χ0) is 22.9. The number of aliphatic hydroxyl groups is 2. The predicted molar refractivity (Wildman–Crippen MR) is 124 cm³/mol. The molecule has 1 atom stereocenters. The Balaban J connectivity index is 1.59. The first-order chi connectivity index (χ1) is 15.2. The second-order valence-corrected chi connectivity index (χ2v) is 11.9. The Hall–Kier alpha value is -2.07. The number of hydrogen-bond acceptors (Lipinski definition) is 7. The van der Waals surface area contributed by atoms with E-state index >= 15 is 0 Å². The molecule has 7 nitrogen and oxygen atoms in total. The molecule has 9 heteroatoms. The van der Waals surface area contributed by atoms with Gasteiger partial charge < -0.3 is 10.2 Å². The Bertz CT molecular complexity index is 1110. The lowest BCUT2D eigenvalue weighted by atomic mass is 9.98. The molecule has 2 aliphatic rings. The van der Waals surface area contributed by atoms with Crippen LogP contribution in [-0.4, -0.2) is 41.4 Å². The van der Waals surface area contributed by atoms with Crippen molar-refractivity contribution in [2.75, 3.05) is 11.9 Å². The highest BCUT2D eigenvalue weighted by atomic mass is 32.2. The highest BCUT2D eigenvalue weighted by Crippen LogP contribution is 2.35. The van der Waals surface area contributed by atoms with Gasteiger partial charge in [-0.15, -0.1) is 11.3 Å². The van der Waals surface area contributed by atoms with Gasteiger partial charge in [-0.2, -0.15) is 0 Å². The monoisotopic (exact) mass is 476 g/mol. The summed E-state index contributed by atoms with van der Waals surface area (Å²) in [6.45, 7) is 0.976. The van der Waals surface area contributed by atoms with Crippen LogP contribution in [0.15, 0.2) is 40.6 Å². The van der Waals surface area contributed by atoms with Gasteiger partial charge in [0.15, 0.2) is 15.0 Å². The number of rotatable bonds is 8. The van der Waals surface area contributed by atoms with E-state index in [0.29, 0.717) is 39.9 Å². The molecule has 0 saturated heterocycles. The number of allylic oxidation sites excluding steroid dienone is 1. The molecule has 3 N–H and O–H groups in total. The van der Waals surface area contributed by atoms with Crippen LogP contribution in [0.4, 0.5) is 5.13 Å². The van der Waals surface area contributed by atoms with Crippen LogP contribution in [0.1, 0.15) is 56.7 Å². The van der Waals surface area contributed by atoms with Gasteiger partial charge in [0.25, 0.3) is 5.91 Å². The fourth-order valence-electron chi connectivity index (χ4n) is 3.88. The van der Waals surface area contributed by atoms with Crippen molar-refractivity contribution in [2.45, 2.75) is 61.2 Å². The van der Waals surface area contributed by atoms with Gasteiger partial charge in [-0.25, -0.2) is 13.4 Å². The number of carbonyl (C=O) groups is 1. The van der Waals surface area contributed by atoms with E-state index in [4.69, 9.17) is 0 Å². The van der Waals surface area contributed by atoms with Crippen molar-refractivity contribution in [2.24, 2.45) is 5.92 Å². The summed E-state index contributed by atoms with van der Waals surface area (Å²) in [6, 6.07) is 6.55. The number of aliphatic hydroxyl groups excluding tert-OH is 1. The summed E-state index contributed by atoms with van der Waals surface area (Å²) >= 11 is 1.17. The minimum Gasteiger partial charge on any atom is -0.393 e.